The summed E-state index contributed by atoms with van der Waals surface area (Å²) in [4.78, 5) is 15.4. The first-order valence-corrected chi connectivity index (χ1v) is 7.98. The summed E-state index contributed by atoms with van der Waals surface area (Å²) in [6.45, 7) is 5.16. The van der Waals surface area contributed by atoms with Crippen LogP contribution in [0.4, 0.5) is 0 Å². The molecule has 5 heteroatoms. The van der Waals surface area contributed by atoms with Gasteiger partial charge in [-0.25, -0.2) is 0 Å². The molecule has 2 rings (SSSR count). The molecule has 1 unspecified atom stereocenters. The molecule has 1 fully saturated rings. The van der Waals surface area contributed by atoms with E-state index in [1.165, 1.54) is 9.35 Å². The van der Waals surface area contributed by atoms with E-state index in [0.717, 1.165) is 32.5 Å². The van der Waals surface area contributed by atoms with Crippen molar-refractivity contribution in [1.29, 1.82) is 0 Å². The van der Waals surface area contributed by atoms with Crippen LogP contribution in [0.1, 0.15) is 24.6 Å². The van der Waals surface area contributed by atoms with Crippen molar-refractivity contribution in [2.75, 3.05) is 19.7 Å². The maximum Gasteiger partial charge on any atom is 0.310 e. The molecule has 0 N–H and O–H groups in total. The Labute approximate surface area is 120 Å². The van der Waals surface area contributed by atoms with Gasteiger partial charge in [-0.2, -0.15) is 0 Å². The maximum absolute atomic E-state index is 11.8. The number of likely N-dealkylation sites (tertiary alicyclic amines) is 1. The Kier molecular flexibility index (Phi) is 5.21. The molecule has 0 saturated carbocycles. The number of ether oxygens (including phenoxy) is 1. The number of carbonyl (C=O) groups excluding carboxylic acids is 1. The van der Waals surface area contributed by atoms with E-state index < -0.39 is 0 Å². The molecular weight excluding hydrogens is 314 g/mol. The van der Waals surface area contributed by atoms with Gasteiger partial charge in [0.15, 0.2) is 0 Å². The zero-order valence-electron chi connectivity index (χ0n) is 10.5. The highest BCUT2D eigenvalue weighted by Gasteiger charge is 2.27. The Bertz CT molecular complexity index is 407. The number of rotatable bonds is 4. The predicted octanol–water partition coefficient (Wildman–Crippen LogP) is 3.29. The zero-order chi connectivity index (χ0) is 13.0. The van der Waals surface area contributed by atoms with E-state index in [4.69, 9.17) is 4.74 Å². The van der Waals surface area contributed by atoms with E-state index in [0.29, 0.717) is 6.61 Å². The van der Waals surface area contributed by atoms with Gasteiger partial charge in [0.25, 0.3) is 0 Å². The number of esters is 1. The lowest BCUT2D eigenvalue weighted by atomic mass is 9.98. The fourth-order valence-electron chi connectivity index (χ4n) is 2.29. The number of halogens is 1. The number of piperidine rings is 1. The normalized spacial score (nSPS) is 20.9. The second-order valence-electron chi connectivity index (χ2n) is 4.52. The van der Waals surface area contributed by atoms with E-state index in [1.807, 2.05) is 6.92 Å². The van der Waals surface area contributed by atoms with Crippen LogP contribution in [0.3, 0.4) is 0 Å². The van der Waals surface area contributed by atoms with Crippen LogP contribution in [0.5, 0.6) is 0 Å². The first-order chi connectivity index (χ1) is 8.70. The van der Waals surface area contributed by atoms with E-state index in [2.05, 4.69) is 32.3 Å². The van der Waals surface area contributed by atoms with Gasteiger partial charge in [0.05, 0.1) is 12.5 Å². The molecule has 1 atom stereocenters. The summed E-state index contributed by atoms with van der Waals surface area (Å²) < 4.78 is 6.29. The summed E-state index contributed by atoms with van der Waals surface area (Å²) in [6.07, 6.45) is 2.04. The molecule has 3 nitrogen and oxygen atoms in total. The van der Waals surface area contributed by atoms with Crippen molar-refractivity contribution in [2.24, 2.45) is 5.92 Å². The van der Waals surface area contributed by atoms with Gasteiger partial charge < -0.3 is 4.74 Å². The standard InChI is InChI=1S/C13H18BrNO2S/c1-2-17-13(16)10-4-3-6-15(8-10)9-12-11(14)5-7-18-12/h5,7,10H,2-4,6,8-9H2,1H3. The van der Waals surface area contributed by atoms with Crippen molar-refractivity contribution in [3.05, 3.63) is 20.8 Å². The molecule has 1 saturated heterocycles. The first-order valence-electron chi connectivity index (χ1n) is 6.31. The minimum absolute atomic E-state index is 0.0348. The fraction of sp³-hybridized carbons (Fsp3) is 0.615. The highest BCUT2D eigenvalue weighted by molar-refractivity contribution is 9.10. The number of hydrogen-bond acceptors (Lipinski definition) is 4. The summed E-state index contributed by atoms with van der Waals surface area (Å²) in [5.74, 6) is 0.0184. The summed E-state index contributed by atoms with van der Waals surface area (Å²) in [6, 6.07) is 2.08. The first kappa shape index (κ1) is 14.0. The van der Waals surface area contributed by atoms with Gasteiger partial charge in [0.1, 0.15) is 0 Å². The van der Waals surface area contributed by atoms with Crippen molar-refractivity contribution in [2.45, 2.75) is 26.3 Å². The molecule has 1 aromatic rings. The smallest absolute Gasteiger partial charge is 0.310 e. The van der Waals surface area contributed by atoms with E-state index >= 15 is 0 Å². The molecule has 1 aliphatic rings. The van der Waals surface area contributed by atoms with Crippen LogP contribution in [0, 0.1) is 5.92 Å². The summed E-state index contributed by atoms with van der Waals surface area (Å²) in [5.41, 5.74) is 0. The summed E-state index contributed by atoms with van der Waals surface area (Å²) >= 11 is 5.31. The lowest BCUT2D eigenvalue weighted by Gasteiger charge is -2.31. The SMILES string of the molecule is CCOC(=O)C1CCCN(Cc2sccc2Br)C1. The number of nitrogens with zero attached hydrogens (tertiary/aromatic N) is 1. The molecule has 0 bridgehead atoms. The maximum atomic E-state index is 11.8. The van der Waals surface area contributed by atoms with Crippen molar-refractivity contribution in [3.63, 3.8) is 0 Å². The highest BCUT2D eigenvalue weighted by Crippen LogP contribution is 2.26. The van der Waals surface area contributed by atoms with Gasteiger partial charge in [-0.3, -0.25) is 9.69 Å². The zero-order valence-corrected chi connectivity index (χ0v) is 12.9. The van der Waals surface area contributed by atoms with Crippen LogP contribution in [0.15, 0.2) is 15.9 Å². The van der Waals surface area contributed by atoms with Crippen LogP contribution in [-0.2, 0) is 16.1 Å². The van der Waals surface area contributed by atoms with E-state index in [1.54, 1.807) is 11.3 Å². The minimum atomic E-state index is -0.0348. The lowest BCUT2D eigenvalue weighted by Crippen LogP contribution is -2.38. The largest absolute Gasteiger partial charge is 0.466 e. The van der Waals surface area contributed by atoms with Gasteiger partial charge in [-0.1, -0.05) is 0 Å². The molecule has 1 aromatic heterocycles. The number of thiophene rings is 1. The topological polar surface area (TPSA) is 29.5 Å². The molecular formula is C13H18BrNO2S. The third-order valence-electron chi connectivity index (χ3n) is 3.18. The third kappa shape index (κ3) is 3.56. The molecule has 2 heterocycles. The minimum Gasteiger partial charge on any atom is -0.466 e. The third-order valence-corrected chi connectivity index (χ3v) is 5.09. The molecule has 100 valence electrons. The van der Waals surface area contributed by atoms with Crippen LogP contribution >= 0.6 is 27.3 Å². The van der Waals surface area contributed by atoms with Crippen molar-refractivity contribution >= 4 is 33.2 Å². The Hall–Kier alpha value is -0.390. The van der Waals surface area contributed by atoms with Gasteiger partial charge in [0.2, 0.25) is 0 Å². The van der Waals surface area contributed by atoms with E-state index in [-0.39, 0.29) is 11.9 Å². The van der Waals surface area contributed by atoms with Gasteiger partial charge in [-0.05, 0) is 53.7 Å². The predicted molar refractivity (Wildman–Crippen MR) is 76.7 cm³/mol. The summed E-state index contributed by atoms with van der Waals surface area (Å²) in [5, 5.41) is 2.09. The van der Waals surface area contributed by atoms with Gasteiger partial charge >= 0.3 is 5.97 Å². The second kappa shape index (κ2) is 6.68. The molecule has 0 amide bonds. The molecule has 18 heavy (non-hydrogen) atoms. The Morgan fingerprint density at radius 2 is 2.50 bits per heavy atom. The average molecular weight is 332 g/mol. The average Bonchev–Trinajstić information content (AvgIpc) is 2.76. The monoisotopic (exact) mass is 331 g/mol. The van der Waals surface area contributed by atoms with Crippen molar-refractivity contribution in [3.8, 4) is 0 Å². The Balaban J connectivity index is 1.91. The second-order valence-corrected chi connectivity index (χ2v) is 6.37. The number of hydrogen-bond donors (Lipinski definition) is 0. The number of carbonyl (C=O) groups is 1. The highest BCUT2D eigenvalue weighted by atomic mass is 79.9. The fourth-order valence-corrected chi connectivity index (χ4v) is 3.81. The van der Waals surface area contributed by atoms with Crippen LogP contribution < -0.4 is 0 Å². The molecule has 0 radical (unpaired) electrons. The Morgan fingerprint density at radius 3 is 3.17 bits per heavy atom. The molecule has 0 spiro atoms. The van der Waals surface area contributed by atoms with Gasteiger partial charge in [-0.15, -0.1) is 11.3 Å². The van der Waals surface area contributed by atoms with Crippen LogP contribution in [0.25, 0.3) is 0 Å². The van der Waals surface area contributed by atoms with Crippen molar-refractivity contribution < 1.29 is 9.53 Å². The Morgan fingerprint density at radius 1 is 1.67 bits per heavy atom. The van der Waals surface area contributed by atoms with Crippen molar-refractivity contribution in [1.82, 2.24) is 4.90 Å². The van der Waals surface area contributed by atoms with Crippen LogP contribution in [0.2, 0.25) is 0 Å². The summed E-state index contributed by atoms with van der Waals surface area (Å²) in [7, 11) is 0. The van der Waals surface area contributed by atoms with Crippen LogP contribution in [-0.4, -0.2) is 30.6 Å². The van der Waals surface area contributed by atoms with Gasteiger partial charge in [0, 0.05) is 22.4 Å². The quantitative estimate of drug-likeness (QED) is 0.793. The molecule has 0 aliphatic carbocycles. The lowest BCUT2D eigenvalue weighted by molar-refractivity contribution is -0.150. The molecule has 1 aliphatic heterocycles. The molecule has 0 aromatic carbocycles. The van der Waals surface area contributed by atoms with E-state index in [9.17, 15) is 4.79 Å².